The molecule has 0 radical (unpaired) electrons. The molecule has 6 heteroatoms. The fraction of sp³-hybridized carbons (Fsp3) is 0.562. The Kier molecular flexibility index (Phi) is 6.12. The molecule has 122 valence electrons. The first-order chi connectivity index (χ1) is 10.6. The molecule has 1 aromatic rings. The van der Waals surface area contributed by atoms with Gasteiger partial charge in [0.1, 0.15) is 5.75 Å². The minimum atomic E-state index is -2.88. The summed E-state index contributed by atoms with van der Waals surface area (Å²) < 4.78 is 29.2. The summed E-state index contributed by atoms with van der Waals surface area (Å²) in [7, 11) is 1.93. The number of piperidine rings is 1. The van der Waals surface area contributed by atoms with Gasteiger partial charge in [-0.3, -0.25) is 4.79 Å². The second kappa shape index (κ2) is 8.08. The van der Waals surface area contributed by atoms with Crippen molar-refractivity contribution in [3.8, 4) is 5.75 Å². The summed E-state index contributed by atoms with van der Waals surface area (Å²) in [4.78, 5) is 14.1. The number of ether oxygens (including phenoxy) is 1. The molecule has 0 aliphatic carbocycles. The minimum Gasteiger partial charge on any atom is -0.435 e. The van der Waals surface area contributed by atoms with Crippen molar-refractivity contribution in [2.75, 3.05) is 26.7 Å². The molecule has 1 N–H and O–H groups in total. The van der Waals surface area contributed by atoms with Crippen molar-refractivity contribution in [1.29, 1.82) is 0 Å². The van der Waals surface area contributed by atoms with Gasteiger partial charge in [-0.1, -0.05) is 18.2 Å². The van der Waals surface area contributed by atoms with Crippen LogP contribution < -0.4 is 10.1 Å². The Morgan fingerprint density at radius 2 is 2.05 bits per heavy atom. The van der Waals surface area contributed by atoms with Crippen molar-refractivity contribution in [3.63, 3.8) is 0 Å². The first-order valence-electron chi connectivity index (χ1n) is 7.55. The number of halogens is 2. The highest BCUT2D eigenvalue weighted by Crippen LogP contribution is 2.23. The molecule has 22 heavy (non-hydrogen) atoms. The molecule has 1 amide bonds. The van der Waals surface area contributed by atoms with Crippen LogP contribution in [-0.4, -0.2) is 44.1 Å². The SMILES string of the molecule is CNCC1CCN(C(=O)Cc2ccccc2OC(F)F)CC1. The molecular weight excluding hydrogens is 290 g/mol. The molecule has 1 saturated heterocycles. The summed E-state index contributed by atoms with van der Waals surface area (Å²) in [5.41, 5.74) is 0.505. The van der Waals surface area contributed by atoms with E-state index in [9.17, 15) is 13.6 Å². The molecule has 1 heterocycles. The lowest BCUT2D eigenvalue weighted by atomic mass is 9.96. The van der Waals surface area contributed by atoms with Gasteiger partial charge in [0.15, 0.2) is 0 Å². The number of hydrogen-bond acceptors (Lipinski definition) is 3. The number of carbonyl (C=O) groups excluding carboxylic acids is 1. The Bertz CT molecular complexity index is 489. The van der Waals surface area contributed by atoms with Gasteiger partial charge in [-0.05, 0) is 38.4 Å². The molecule has 1 aliphatic rings. The third-order valence-electron chi connectivity index (χ3n) is 3.99. The number of benzene rings is 1. The zero-order valence-corrected chi connectivity index (χ0v) is 12.7. The Morgan fingerprint density at radius 3 is 2.68 bits per heavy atom. The molecule has 1 aliphatic heterocycles. The van der Waals surface area contributed by atoms with Crippen molar-refractivity contribution in [3.05, 3.63) is 29.8 Å². The van der Waals surface area contributed by atoms with Crippen LogP contribution in [0.4, 0.5) is 8.78 Å². The van der Waals surface area contributed by atoms with Crippen molar-refractivity contribution < 1.29 is 18.3 Å². The highest BCUT2D eigenvalue weighted by molar-refractivity contribution is 5.79. The molecule has 0 bridgehead atoms. The van der Waals surface area contributed by atoms with Gasteiger partial charge in [0.2, 0.25) is 5.91 Å². The van der Waals surface area contributed by atoms with Crippen LogP contribution >= 0.6 is 0 Å². The van der Waals surface area contributed by atoms with E-state index in [0.29, 0.717) is 11.5 Å². The van der Waals surface area contributed by atoms with Gasteiger partial charge < -0.3 is 15.0 Å². The van der Waals surface area contributed by atoms with E-state index in [1.807, 2.05) is 11.9 Å². The summed E-state index contributed by atoms with van der Waals surface area (Å²) in [5, 5.41) is 3.16. The number of para-hydroxylation sites is 1. The molecular formula is C16H22F2N2O2. The first-order valence-corrected chi connectivity index (χ1v) is 7.55. The topological polar surface area (TPSA) is 41.6 Å². The Labute approximate surface area is 129 Å². The average molecular weight is 312 g/mol. The van der Waals surface area contributed by atoms with Gasteiger partial charge in [0.25, 0.3) is 0 Å². The second-order valence-corrected chi connectivity index (χ2v) is 5.54. The number of carbonyl (C=O) groups is 1. The number of nitrogens with one attached hydrogen (secondary N) is 1. The molecule has 0 aromatic heterocycles. The zero-order chi connectivity index (χ0) is 15.9. The van der Waals surface area contributed by atoms with E-state index >= 15 is 0 Å². The van der Waals surface area contributed by atoms with E-state index in [1.54, 1.807) is 18.2 Å². The normalized spacial score (nSPS) is 16.1. The Balaban J connectivity index is 1.92. The van der Waals surface area contributed by atoms with Gasteiger partial charge in [0, 0.05) is 18.7 Å². The van der Waals surface area contributed by atoms with Gasteiger partial charge in [-0.15, -0.1) is 0 Å². The van der Waals surface area contributed by atoms with Gasteiger partial charge in [0.05, 0.1) is 6.42 Å². The highest BCUT2D eigenvalue weighted by Gasteiger charge is 2.23. The van der Waals surface area contributed by atoms with Crippen LogP contribution in [0.1, 0.15) is 18.4 Å². The van der Waals surface area contributed by atoms with E-state index in [-0.39, 0.29) is 18.1 Å². The van der Waals surface area contributed by atoms with Gasteiger partial charge in [-0.25, -0.2) is 0 Å². The van der Waals surface area contributed by atoms with E-state index in [1.165, 1.54) is 6.07 Å². The Hall–Kier alpha value is -1.69. The molecule has 2 rings (SSSR count). The van der Waals surface area contributed by atoms with Crippen LogP contribution in [0.15, 0.2) is 24.3 Å². The van der Waals surface area contributed by atoms with E-state index < -0.39 is 6.61 Å². The monoisotopic (exact) mass is 312 g/mol. The molecule has 4 nitrogen and oxygen atoms in total. The lowest BCUT2D eigenvalue weighted by Gasteiger charge is -2.32. The van der Waals surface area contributed by atoms with E-state index in [0.717, 1.165) is 32.5 Å². The lowest BCUT2D eigenvalue weighted by molar-refractivity contribution is -0.132. The van der Waals surface area contributed by atoms with Crippen LogP contribution in [0.2, 0.25) is 0 Å². The summed E-state index contributed by atoms with van der Waals surface area (Å²) in [6, 6.07) is 6.46. The van der Waals surface area contributed by atoms with Crippen LogP contribution in [0.3, 0.4) is 0 Å². The number of alkyl halides is 2. The van der Waals surface area contributed by atoms with Crippen LogP contribution in [0.25, 0.3) is 0 Å². The van der Waals surface area contributed by atoms with Crippen LogP contribution in [0.5, 0.6) is 5.75 Å². The molecule has 0 saturated carbocycles. The maximum absolute atomic E-state index is 12.4. The number of nitrogens with zero attached hydrogens (tertiary/aromatic N) is 1. The number of hydrogen-bond donors (Lipinski definition) is 1. The van der Waals surface area contributed by atoms with Crippen molar-refractivity contribution in [2.24, 2.45) is 5.92 Å². The number of amides is 1. The highest BCUT2D eigenvalue weighted by atomic mass is 19.3. The number of rotatable bonds is 6. The van der Waals surface area contributed by atoms with E-state index in [4.69, 9.17) is 0 Å². The fourth-order valence-corrected chi connectivity index (χ4v) is 2.81. The van der Waals surface area contributed by atoms with Crippen LogP contribution in [-0.2, 0) is 11.2 Å². The summed E-state index contributed by atoms with van der Waals surface area (Å²) >= 11 is 0. The second-order valence-electron chi connectivity index (χ2n) is 5.54. The molecule has 1 aromatic carbocycles. The Morgan fingerprint density at radius 1 is 1.36 bits per heavy atom. The quantitative estimate of drug-likeness (QED) is 0.876. The molecule has 0 spiro atoms. The number of likely N-dealkylation sites (tertiary alicyclic amines) is 1. The maximum Gasteiger partial charge on any atom is 0.387 e. The molecule has 0 atom stereocenters. The van der Waals surface area contributed by atoms with Gasteiger partial charge >= 0.3 is 6.61 Å². The van der Waals surface area contributed by atoms with Crippen molar-refractivity contribution in [2.45, 2.75) is 25.9 Å². The third-order valence-corrected chi connectivity index (χ3v) is 3.99. The maximum atomic E-state index is 12.4. The lowest BCUT2D eigenvalue weighted by Crippen LogP contribution is -2.41. The molecule has 1 fully saturated rings. The minimum absolute atomic E-state index is 0.0341. The summed E-state index contributed by atoms with van der Waals surface area (Å²) in [6.07, 6.45) is 2.04. The summed E-state index contributed by atoms with van der Waals surface area (Å²) in [6.45, 7) is -0.465. The van der Waals surface area contributed by atoms with Gasteiger partial charge in [-0.2, -0.15) is 8.78 Å². The molecule has 0 unspecified atom stereocenters. The predicted octanol–water partition coefficient (Wildman–Crippen LogP) is 2.29. The smallest absolute Gasteiger partial charge is 0.387 e. The fourth-order valence-electron chi connectivity index (χ4n) is 2.81. The third kappa shape index (κ3) is 4.66. The van der Waals surface area contributed by atoms with Crippen molar-refractivity contribution >= 4 is 5.91 Å². The predicted molar refractivity (Wildman–Crippen MR) is 80.0 cm³/mol. The summed E-state index contributed by atoms with van der Waals surface area (Å²) in [5.74, 6) is 0.646. The average Bonchev–Trinajstić information content (AvgIpc) is 2.50. The standard InChI is InChI=1S/C16H22F2N2O2/c1-19-11-12-6-8-20(9-7-12)15(21)10-13-4-2-3-5-14(13)22-16(17)18/h2-5,12,16,19H,6-11H2,1H3. The first kappa shape index (κ1) is 16.7. The largest absolute Gasteiger partial charge is 0.435 e. The zero-order valence-electron chi connectivity index (χ0n) is 12.7. The van der Waals surface area contributed by atoms with E-state index in [2.05, 4.69) is 10.1 Å². The van der Waals surface area contributed by atoms with Crippen LogP contribution in [0, 0.1) is 5.92 Å². The van der Waals surface area contributed by atoms with Crippen molar-refractivity contribution in [1.82, 2.24) is 10.2 Å².